The predicted octanol–water partition coefficient (Wildman–Crippen LogP) is 2.07. The molecule has 0 bridgehead atoms. The lowest BCUT2D eigenvalue weighted by atomic mass is 10.1. The summed E-state index contributed by atoms with van der Waals surface area (Å²) < 4.78 is 4.93. The highest BCUT2D eigenvalue weighted by atomic mass is 16.6. The van der Waals surface area contributed by atoms with Crippen molar-refractivity contribution in [3.63, 3.8) is 0 Å². The van der Waals surface area contributed by atoms with E-state index < -0.39 is 22.5 Å². The molecule has 0 radical (unpaired) electrons. The van der Waals surface area contributed by atoms with Crippen LogP contribution in [0.3, 0.4) is 0 Å². The Morgan fingerprint density at radius 2 is 1.86 bits per heavy atom. The smallest absolute Gasteiger partial charge is 0.426 e. The first-order valence-electron chi connectivity index (χ1n) is 6.14. The highest BCUT2D eigenvalue weighted by molar-refractivity contribution is 5.95. The van der Waals surface area contributed by atoms with E-state index in [9.17, 15) is 19.7 Å². The number of benzene rings is 1. The van der Waals surface area contributed by atoms with E-state index in [0.717, 1.165) is 6.07 Å². The van der Waals surface area contributed by atoms with Crippen LogP contribution in [0.5, 0.6) is 0 Å². The van der Waals surface area contributed by atoms with Crippen LogP contribution in [0, 0.1) is 17.0 Å². The molecule has 21 heavy (non-hydrogen) atoms. The largest absolute Gasteiger partial charge is 0.443 e. The van der Waals surface area contributed by atoms with Crippen LogP contribution in [-0.4, -0.2) is 22.5 Å². The first-order chi connectivity index (χ1) is 9.60. The third kappa shape index (κ3) is 5.09. The summed E-state index contributed by atoms with van der Waals surface area (Å²) in [7, 11) is 0. The zero-order chi connectivity index (χ0) is 16.2. The number of amides is 2. The lowest BCUT2D eigenvalue weighted by molar-refractivity contribution is -0.385. The van der Waals surface area contributed by atoms with E-state index in [0.29, 0.717) is 5.56 Å². The van der Waals surface area contributed by atoms with E-state index in [1.165, 1.54) is 12.1 Å². The van der Waals surface area contributed by atoms with Crippen molar-refractivity contribution in [2.45, 2.75) is 33.3 Å². The van der Waals surface area contributed by atoms with Crippen LogP contribution in [0.1, 0.15) is 36.7 Å². The van der Waals surface area contributed by atoms with Crippen LogP contribution >= 0.6 is 0 Å². The lowest BCUT2D eigenvalue weighted by Crippen LogP contribution is -2.44. The minimum Gasteiger partial charge on any atom is -0.443 e. The summed E-state index contributed by atoms with van der Waals surface area (Å²) in [6, 6.07) is 4.02. The maximum atomic E-state index is 11.8. The number of nitrogens with zero attached hydrogens (tertiary/aromatic N) is 1. The molecule has 0 saturated heterocycles. The minimum absolute atomic E-state index is 0.0587. The van der Waals surface area contributed by atoms with Crippen LogP contribution in [0.2, 0.25) is 0 Å². The van der Waals surface area contributed by atoms with Gasteiger partial charge in [-0.1, -0.05) is 6.07 Å². The summed E-state index contributed by atoms with van der Waals surface area (Å²) >= 11 is 0. The number of ether oxygens (including phenoxy) is 1. The van der Waals surface area contributed by atoms with Crippen LogP contribution in [0.15, 0.2) is 18.2 Å². The molecule has 1 aromatic carbocycles. The van der Waals surface area contributed by atoms with E-state index in [1.54, 1.807) is 27.7 Å². The molecule has 0 unspecified atom stereocenters. The Kier molecular flexibility index (Phi) is 4.85. The Morgan fingerprint density at radius 1 is 1.24 bits per heavy atom. The monoisotopic (exact) mass is 295 g/mol. The van der Waals surface area contributed by atoms with Gasteiger partial charge < -0.3 is 4.74 Å². The van der Waals surface area contributed by atoms with Crippen LogP contribution in [0.4, 0.5) is 10.5 Å². The van der Waals surface area contributed by atoms with Gasteiger partial charge in [0, 0.05) is 17.2 Å². The maximum Gasteiger partial charge on any atom is 0.426 e. The van der Waals surface area contributed by atoms with Gasteiger partial charge in [-0.25, -0.2) is 10.2 Å². The van der Waals surface area contributed by atoms with E-state index in [1.807, 2.05) is 0 Å². The Morgan fingerprint density at radius 3 is 2.38 bits per heavy atom. The fourth-order valence-corrected chi connectivity index (χ4v) is 1.43. The van der Waals surface area contributed by atoms with E-state index >= 15 is 0 Å². The molecule has 0 saturated carbocycles. The summed E-state index contributed by atoms with van der Waals surface area (Å²) in [6.07, 6.45) is -0.822. The second-order valence-electron chi connectivity index (χ2n) is 5.34. The van der Waals surface area contributed by atoms with Crippen molar-refractivity contribution in [1.29, 1.82) is 0 Å². The molecule has 2 amide bonds. The SMILES string of the molecule is Cc1ccc(C(=O)NNC(=O)OC(C)(C)C)cc1[N+](=O)[O-]. The number of carbonyl (C=O) groups excluding carboxylic acids is 2. The summed E-state index contributed by atoms with van der Waals surface area (Å²) in [5.41, 5.74) is 3.83. The number of carbonyl (C=O) groups is 2. The Labute approximate surface area is 121 Å². The molecule has 0 spiro atoms. The molecule has 114 valence electrons. The molecule has 2 N–H and O–H groups in total. The number of rotatable bonds is 2. The van der Waals surface area contributed by atoms with Crippen LogP contribution in [0.25, 0.3) is 0 Å². The van der Waals surface area contributed by atoms with Crippen molar-refractivity contribution < 1.29 is 19.2 Å². The summed E-state index contributed by atoms with van der Waals surface area (Å²) in [5, 5.41) is 10.8. The quantitative estimate of drug-likeness (QED) is 0.641. The standard InChI is InChI=1S/C13H17N3O5/c1-8-5-6-9(7-10(8)16(19)20)11(17)14-15-12(18)21-13(2,3)4/h5-7H,1-4H3,(H,14,17)(H,15,18). The lowest BCUT2D eigenvalue weighted by Gasteiger charge is -2.19. The van der Waals surface area contributed by atoms with E-state index in [-0.39, 0.29) is 11.3 Å². The van der Waals surface area contributed by atoms with Crippen LogP contribution in [-0.2, 0) is 4.74 Å². The van der Waals surface area contributed by atoms with E-state index in [2.05, 4.69) is 10.9 Å². The van der Waals surface area contributed by atoms with Crippen molar-refractivity contribution in [3.05, 3.63) is 39.4 Å². The molecule has 0 aliphatic heterocycles. The van der Waals surface area contributed by atoms with Gasteiger partial charge in [0.25, 0.3) is 11.6 Å². The van der Waals surface area contributed by atoms with Gasteiger partial charge in [-0.2, -0.15) is 0 Å². The summed E-state index contributed by atoms with van der Waals surface area (Å²) in [6.45, 7) is 6.60. The molecule has 8 heteroatoms. The molecular weight excluding hydrogens is 278 g/mol. The predicted molar refractivity (Wildman–Crippen MR) is 74.7 cm³/mol. The van der Waals surface area contributed by atoms with Gasteiger partial charge in [-0.05, 0) is 33.8 Å². The first kappa shape index (κ1) is 16.4. The molecule has 8 nitrogen and oxygen atoms in total. The number of aryl methyl sites for hydroxylation is 1. The van der Waals surface area contributed by atoms with Gasteiger partial charge in [0.1, 0.15) is 5.60 Å². The van der Waals surface area contributed by atoms with Gasteiger partial charge in [-0.15, -0.1) is 0 Å². The van der Waals surface area contributed by atoms with Crippen molar-refractivity contribution >= 4 is 17.7 Å². The molecule has 0 heterocycles. The first-order valence-corrected chi connectivity index (χ1v) is 6.14. The molecule has 1 aromatic rings. The van der Waals surface area contributed by atoms with Crippen LogP contribution < -0.4 is 10.9 Å². The molecule has 0 fully saturated rings. The van der Waals surface area contributed by atoms with Crippen molar-refractivity contribution in [2.75, 3.05) is 0 Å². The Hall–Kier alpha value is -2.64. The highest BCUT2D eigenvalue weighted by Crippen LogP contribution is 2.19. The number of nitro groups is 1. The molecular formula is C13H17N3O5. The Bertz CT molecular complexity index is 578. The average Bonchev–Trinajstić information content (AvgIpc) is 2.34. The number of nitrogens with one attached hydrogen (secondary N) is 2. The second kappa shape index (κ2) is 6.21. The zero-order valence-corrected chi connectivity index (χ0v) is 12.2. The number of nitro benzene ring substituents is 1. The van der Waals surface area contributed by atoms with Gasteiger partial charge in [0.2, 0.25) is 0 Å². The molecule has 0 aromatic heterocycles. The van der Waals surface area contributed by atoms with Gasteiger partial charge in [0.05, 0.1) is 4.92 Å². The molecule has 0 aliphatic carbocycles. The number of hydrogen-bond acceptors (Lipinski definition) is 5. The topological polar surface area (TPSA) is 111 Å². The fourth-order valence-electron chi connectivity index (χ4n) is 1.43. The van der Waals surface area contributed by atoms with Gasteiger partial charge >= 0.3 is 6.09 Å². The highest BCUT2D eigenvalue weighted by Gasteiger charge is 2.18. The van der Waals surface area contributed by atoms with Gasteiger partial charge in [0.15, 0.2) is 0 Å². The minimum atomic E-state index is -0.822. The normalized spacial score (nSPS) is 10.7. The molecule has 0 aliphatic rings. The summed E-state index contributed by atoms with van der Waals surface area (Å²) in [4.78, 5) is 33.4. The van der Waals surface area contributed by atoms with E-state index in [4.69, 9.17) is 4.74 Å². The third-order valence-corrected chi connectivity index (χ3v) is 2.34. The number of hydrogen-bond donors (Lipinski definition) is 2. The summed E-state index contributed by atoms with van der Waals surface area (Å²) in [5.74, 6) is -0.677. The van der Waals surface area contributed by atoms with Crippen molar-refractivity contribution in [1.82, 2.24) is 10.9 Å². The zero-order valence-electron chi connectivity index (χ0n) is 12.2. The second-order valence-corrected chi connectivity index (χ2v) is 5.34. The average molecular weight is 295 g/mol. The molecule has 0 atom stereocenters. The Balaban J connectivity index is 2.71. The maximum absolute atomic E-state index is 11.8. The number of hydrazine groups is 1. The molecule has 1 rings (SSSR count). The third-order valence-electron chi connectivity index (χ3n) is 2.34. The van der Waals surface area contributed by atoms with Gasteiger partial charge in [-0.3, -0.25) is 20.3 Å². The van der Waals surface area contributed by atoms with Crippen molar-refractivity contribution in [3.8, 4) is 0 Å². The fraction of sp³-hybridized carbons (Fsp3) is 0.385. The van der Waals surface area contributed by atoms with Crippen molar-refractivity contribution in [2.24, 2.45) is 0 Å².